The number of alkyl halides is 2. The number of ether oxygens (including phenoxy) is 1. The number of fused-ring (bicyclic) bond motifs is 1. The monoisotopic (exact) mass is 549 g/mol. The molecule has 13 heteroatoms. The van der Waals surface area contributed by atoms with Crippen molar-refractivity contribution in [1.82, 2.24) is 10.1 Å². The van der Waals surface area contributed by atoms with E-state index in [1.807, 2.05) is 4.90 Å². The van der Waals surface area contributed by atoms with Gasteiger partial charge in [0.05, 0.1) is 12.0 Å². The van der Waals surface area contributed by atoms with Gasteiger partial charge in [-0.2, -0.15) is 0 Å². The number of morpholine rings is 1. The number of nitrogens with two attached hydrogens (primary N) is 1. The van der Waals surface area contributed by atoms with Crippen molar-refractivity contribution in [3.05, 3.63) is 47.0 Å². The van der Waals surface area contributed by atoms with E-state index >= 15 is 0 Å². The second kappa shape index (κ2) is 10.4. The molecule has 0 saturated carbocycles. The Kier molecular flexibility index (Phi) is 7.23. The van der Waals surface area contributed by atoms with Gasteiger partial charge in [-0.25, -0.2) is 8.78 Å². The number of piperidine rings is 1. The van der Waals surface area contributed by atoms with Crippen LogP contribution in [0.15, 0.2) is 40.9 Å². The molecule has 2 atom stereocenters. The van der Waals surface area contributed by atoms with Gasteiger partial charge >= 0.3 is 0 Å². The van der Waals surface area contributed by atoms with E-state index in [-0.39, 0.29) is 44.9 Å². The zero-order valence-electron chi connectivity index (χ0n) is 20.2. The number of anilines is 3. The molecule has 2 aliphatic rings. The molecule has 3 aromatic rings. The fourth-order valence-corrected chi connectivity index (χ4v) is 4.78. The first kappa shape index (κ1) is 26.3. The molecule has 2 unspecified atom stereocenters. The molecule has 0 radical (unpaired) electrons. The molecule has 10 nitrogen and oxygen atoms in total. The van der Waals surface area contributed by atoms with Gasteiger partial charge in [-0.05, 0) is 35.9 Å². The van der Waals surface area contributed by atoms with Crippen LogP contribution in [0.4, 0.5) is 26.0 Å². The van der Waals surface area contributed by atoms with Crippen LogP contribution in [-0.2, 0) is 20.9 Å². The van der Waals surface area contributed by atoms with Crippen molar-refractivity contribution in [2.24, 2.45) is 0 Å². The van der Waals surface area contributed by atoms with Crippen LogP contribution in [-0.4, -0.2) is 71.3 Å². The molecule has 3 heterocycles. The first-order chi connectivity index (χ1) is 18.1. The highest BCUT2D eigenvalue weighted by molar-refractivity contribution is 6.31. The number of aliphatic hydroxyl groups excluding tert-OH is 1. The number of benzene rings is 2. The Morgan fingerprint density at radius 3 is 2.76 bits per heavy atom. The summed E-state index contributed by atoms with van der Waals surface area (Å²) in [6.07, 6.45) is -3.65. The topological polar surface area (TPSA) is 134 Å². The molecular weight excluding hydrogens is 524 g/mol. The van der Waals surface area contributed by atoms with E-state index in [1.54, 1.807) is 30.3 Å². The molecule has 2 saturated heterocycles. The van der Waals surface area contributed by atoms with E-state index in [1.165, 1.54) is 11.0 Å². The van der Waals surface area contributed by atoms with Crippen molar-refractivity contribution in [1.29, 1.82) is 0 Å². The summed E-state index contributed by atoms with van der Waals surface area (Å²) < 4.78 is 37.6. The van der Waals surface area contributed by atoms with Crippen LogP contribution in [0.2, 0.25) is 5.02 Å². The van der Waals surface area contributed by atoms with E-state index in [4.69, 9.17) is 26.6 Å². The number of carbonyl (C=O) groups excluding carboxylic acids is 2. The minimum absolute atomic E-state index is 0.0865. The largest absolute Gasteiger partial charge is 0.380 e. The predicted octanol–water partition coefficient (Wildman–Crippen LogP) is 3.03. The first-order valence-electron chi connectivity index (χ1n) is 12.1. The average Bonchev–Trinajstić information content (AvgIpc) is 3.26. The lowest BCUT2D eigenvalue weighted by Gasteiger charge is -2.35. The molecule has 0 aliphatic carbocycles. The number of hydrogen-bond acceptors (Lipinski definition) is 8. The molecule has 202 valence electrons. The summed E-state index contributed by atoms with van der Waals surface area (Å²) in [5.74, 6) is -3.87. The standard InChI is InChI=1S/C25H26ClF2N5O5/c26-18-4-2-16(11-14(18)13-32-7-5-25(27,28)6-8-32)33-9-10-37-21(24(33)36)20(34)23(35)30-15-1-3-17-19(12-15)38-31-22(17)29/h1-4,11-12,20-21,34H,5-10,13H2,(H2,29,31)(H,30,35). The summed E-state index contributed by atoms with van der Waals surface area (Å²) in [4.78, 5) is 29.3. The zero-order valence-corrected chi connectivity index (χ0v) is 21.0. The summed E-state index contributed by atoms with van der Waals surface area (Å²) in [6, 6.07) is 9.69. The Morgan fingerprint density at radius 2 is 2.00 bits per heavy atom. The normalized spacial score (nSPS) is 21.0. The number of aromatic nitrogens is 1. The number of amides is 2. The van der Waals surface area contributed by atoms with Crippen molar-refractivity contribution in [3.8, 4) is 0 Å². The third-order valence-electron chi connectivity index (χ3n) is 6.77. The minimum atomic E-state index is -2.65. The zero-order chi connectivity index (χ0) is 27.0. The van der Waals surface area contributed by atoms with Gasteiger partial charge in [0.1, 0.15) is 0 Å². The summed E-state index contributed by atoms with van der Waals surface area (Å²) in [7, 11) is 0. The molecule has 2 aliphatic heterocycles. The Balaban J connectivity index is 1.27. The Morgan fingerprint density at radius 1 is 1.24 bits per heavy atom. The SMILES string of the molecule is Nc1noc2cc(NC(=O)C(O)C3OCCN(c4ccc(Cl)c(CN5CCC(F)(F)CC5)c4)C3=O)ccc12. The number of nitrogens with one attached hydrogen (secondary N) is 1. The molecule has 38 heavy (non-hydrogen) atoms. The third kappa shape index (κ3) is 5.44. The summed E-state index contributed by atoms with van der Waals surface area (Å²) in [5.41, 5.74) is 7.55. The second-order valence-corrected chi connectivity index (χ2v) is 9.81. The molecular formula is C25H26ClF2N5O5. The number of rotatable bonds is 6. The third-order valence-corrected chi connectivity index (χ3v) is 7.14. The van der Waals surface area contributed by atoms with Gasteiger partial charge < -0.3 is 30.3 Å². The fraction of sp³-hybridized carbons (Fsp3) is 0.400. The lowest BCUT2D eigenvalue weighted by Crippen LogP contribution is -2.55. The van der Waals surface area contributed by atoms with Gasteiger partial charge in [0.25, 0.3) is 17.7 Å². The molecule has 2 aromatic carbocycles. The van der Waals surface area contributed by atoms with Crippen LogP contribution < -0.4 is 16.0 Å². The van der Waals surface area contributed by atoms with E-state index < -0.39 is 29.9 Å². The first-order valence-corrected chi connectivity index (χ1v) is 12.4. The van der Waals surface area contributed by atoms with E-state index in [2.05, 4.69) is 10.5 Å². The lowest BCUT2D eigenvalue weighted by atomic mass is 10.1. The number of nitrogen functional groups attached to an aromatic ring is 1. The van der Waals surface area contributed by atoms with Crippen molar-refractivity contribution in [2.75, 3.05) is 42.2 Å². The van der Waals surface area contributed by atoms with Crippen LogP contribution in [0, 0.1) is 0 Å². The molecule has 0 spiro atoms. The Hall–Kier alpha value is -3.32. The van der Waals surface area contributed by atoms with Crippen LogP contribution >= 0.6 is 11.6 Å². The van der Waals surface area contributed by atoms with E-state index in [9.17, 15) is 23.5 Å². The highest BCUT2D eigenvalue weighted by Crippen LogP contribution is 2.31. The summed E-state index contributed by atoms with van der Waals surface area (Å²) in [6.45, 7) is 1.12. The van der Waals surface area contributed by atoms with E-state index in [0.29, 0.717) is 39.5 Å². The van der Waals surface area contributed by atoms with Gasteiger partial charge in [0, 0.05) is 61.5 Å². The van der Waals surface area contributed by atoms with Crippen LogP contribution in [0.5, 0.6) is 0 Å². The van der Waals surface area contributed by atoms with Gasteiger partial charge in [0.15, 0.2) is 23.6 Å². The Labute approximate surface area is 221 Å². The number of nitrogens with zero attached hydrogens (tertiary/aromatic N) is 3. The number of likely N-dealkylation sites (tertiary alicyclic amines) is 1. The van der Waals surface area contributed by atoms with Crippen molar-refractivity contribution in [2.45, 2.75) is 37.5 Å². The maximum absolute atomic E-state index is 13.5. The van der Waals surface area contributed by atoms with Gasteiger partial charge in [-0.3, -0.25) is 14.5 Å². The number of hydrogen-bond donors (Lipinski definition) is 3. The van der Waals surface area contributed by atoms with E-state index in [0.717, 1.165) is 0 Å². The maximum Gasteiger partial charge on any atom is 0.259 e. The molecule has 1 aromatic heterocycles. The minimum Gasteiger partial charge on any atom is -0.380 e. The molecule has 4 N–H and O–H groups in total. The fourth-order valence-electron chi connectivity index (χ4n) is 4.61. The summed E-state index contributed by atoms with van der Waals surface area (Å²) in [5, 5.41) is 17.9. The highest BCUT2D eigenvalue weighted by atomic mass is 35.5. The van der Waals surface area contributed by atoms with Crippen LogP contribution in [0.25, 0.3) is 11.0 Å². The van der Waals surface area contributed by atoms with Gasteiger partial charge in [0.2, 0.25) is 0 Å². The van der Waals surface area contributed by atoms with Crippen LogP contribution in [0.1, 0.15) is 18.4 Å². The van der Waals surface area contributed by atoms with Crippen molar-refractivity contribution in [3.63, 3.8) is 0 Å². The second-order valence-electron chi connectivity index (χ2n) is 9.40. The van der Waals surface area contributed by atoms with Crippen molar-refractivity contribution < 1.29 is 32.7 Å². The predicted molar refractivity (Wildman–Crippen MR) is 136 cm³/mol. The average molecular weight is 550 g/mol. The van der Waals surface area contributed by atoms with Gasteiger partial charge in [-0.1, -0.05) is 16.8 Å². The number of aliphatic hydroxyl groups is 1. The van der Waals surface area contributed by atoms with Crippen molar-refractivity contribution >= 4 is 51.6 Å². The van der Waals surface area contributed by atoms with Crippen LogP contribution in [0.3, 0.4) is 0 Å². The highest BCUT2D eigenvalue weighted by Gasteiger charge is 2.40. The maximum atomic E-state index is 13.5. The molecule has 0 bridgehead atoms. The lowest BCUT2D eigenvalue weighted by molar-refractivity contribution is -0.150. The summed E-state index contributed by atoms with van der Waals surface area (Å²) >= 11 is 6.37. The number of carbonyl (C=O) groups is 2. The molecule has 5 rings (SSSR count). The Bertz CT molecular complexity index is 1360. The quantitative estimate of drug-likeness (QED) is 0.427. The smallest absolute Gasteiger partial charge is 0.259 e. The number of halogens is 3. The molecule has 2 fully saturated rings. The molecule has 2 amide bonds. The van der Waals surface area contributed by atoms with Gasteiger partial charge in [-0.15, -0.1) is 0 Å².